The standard InChI is InChI=1S/C16H14N2OS/c19-11-14-16(13-6-8-17-9-7-13)18-15(20-14)10-12-4-2-1-3-5-12/h1-9,19H,10-11H2. The van der Waals surface area contributed by atoms with Crippen molar-refractivity contribution in [3.8, 4) is 11.3 Å². The van der Waals surface area contributed by atoms with Gasteiger partial charge in [0.05, 0.1) is 22.2 Å². The maximum atomic E-state index is 9.51. The Labute approximate surface area is 121 Å². The lowest BCUT2D eigenvalue weighted by Gasteiger charge is -1.98. The zero-order valence-electron chi connectivity index (χ0n) is 10.9. The van der Waals surface area contributed by atoms with Crippen LogP contribution in [0, 0.1) is 0 Å². The first-order valence-corrected chi connectivity index (χ1v) is 7.22. The molecular weight excluding hydrogens is 268 g/mol. The molecular formula is C16H14N2OS. The van der Waals surface area contributed by atoms with Gasteiger partial charge in [0.1, 0.15) is 0 Å². The van der Waals surface area contributed by atoms with Gasteiger partial charge in [-0.3, -0.25) is 4.98 Å². The monoisotopic (exact) mass is 282 g/mol. The van der Waals surface area contributed by atoms with Gasteiger partial charge in [-0.15, -0.1) is 11.3 Å². The second-order valence-corrected chi connectivity index (χ2v) is 5.60. The summed E-state index contributed by atoms with van der Waals surface area (Å²) in [5.41, 5.74) is 3.09. The zero-order valence-corrected chi connectivity index (χ0v) is 11.7. The molecule has 0 aliphatic rings. The van der Waals surface area contributed by atoms with Crippen LogP contribution in [-0.2, 0) is 13.0 Å². The highest BCUT2D eigenvalue weighted by Gasteiger charge is 2.12. The van der Waals surface area contributed by atoms with E-state index in [9.17, 15) is 5.11 Å². The summed E-state index contributed by atoms with van der Waals surface area (Å²) in [7, 11) is 0. The topological polar surface area (TPSA) is 46.0 Å². The van der Waals surface area contributed by atoms with Gasteiger partial charge in [0.2, 0.25) is 0 Å². The summed E-state index contributed by atoms with van der Waals surface area (Å²) < 4.78 is 0. The highest BCUT2D eigenvalue weighted by atomic mass is 32.1. The predicted octanol–water partition coefficient (Wildman–Crippen LogP) is 3.29. The summed E-state index contributed by atoms with van der Waals surface area (Å²) in [5, 5.41) is 10.5. The maximum Gasteiger partial charge on any atom is 0.0980 e. The summed E-state index contributed by atoms with van der Waals surface area (Å²) in [5.74, 6) is 0. The van der Waals surface area contributed by atoms with Gasteiger partial charge in [0.25, 0.3) is 0 Å². The van der Waals surface area contributed by atoms with Crippen LogP contribution in [0.2, 0.25) is 0 Å². The molecule has 1 aromatic carbocycles. The molecule has 3 aromatic rings. The molecule has 3 rings (SSSR count). The van der Waals surface area contributed by atoms with Gasteiger partial charge in [0.15, 0.2) is 0 Å². The first-order valence-electron chi connectivity index (χ1n) is 6.40. The van der Waals surface area contributed by atoms with E-state index in [1.807, 2.05) is 30.3 Å². The van der Waals surface area contributed by atoms with Crippen LogP contribution in [-0.4, -0.2) is 15.1 Å². The Balaban J connectivity index is 1.93. The second-order valence-electron chi connectivity index (χ2n) is 4.44. The van der Waals surface area contributed by atoms with Gasteiger partial charge >= 0.3 is 0 Å². The fourth-order valence-electron chi connectivity index (χ4n) is 2.09. The molecule has 0 saturated heterocycles. The van der Waals surface area contributed by atoms with Crippen molar-refractivity contribution < 1.29 is 5.11 Å². The predicted molar refractivity (Wildman–Crippen MR) is 80.5 cm³/mol. The number of aliphatic hydroxyl groups excluding tert-OH is 1. The van der Waals surface area contributed by atoms with Crippen molar-refractivity contribution in [2.45, 2.75) is 13.0 Å². The van der Waals surface area contributed by atoms with Crippen molar-refractivity contribution >= 4 is 11.3 Å². The molecule has 0 aliphatic heterocycles. The third-order valence-electron chi connectivity index (χ3n) is 3.04. The van der Waals surface area contributed by atoms with Crippen molar-refractivity contribution in [3.63, 3.8) is 0 Å². The number of pyridine rings is 1. The highest BCUT2D eigenvalue weighted by Crippen LogP contribution is 2.29. The van der Waals surface area contributed by atoms with Crippen molar-refractivity contribution in [1.29, 1.82) is 0 Å². The molecule has 0 atom stereocenters. The molecule has 0 unspecified atom stereocenters. The summed E-state index contributed by atoms with van der Waals surface area (Å²) >= 11 is 1.57. The third-order valence-corrected chi connectivity index (χ3v) is 4.08. The van der Waals surface area contributed by atoms with Crippen LogP contribution in [0.4, 0.5) is 0 Å². The zero-order chi connectivity index (χ0) is 13.8. The summed E-state index contributed by atoms with van der Waals surface area (Å²) in [6.07, 6.45) is 4.28. The van der Waals surface area contributed by atoms with Gasteiger partial charge in [-0.2, -0.15) is 0 Å². The largest absolute Gasteiger partial charge is 0.391 e. The summed E-state index contributed by atoms with van der Waals surface area (Å²) in [6, 6.07) is 14.1. The molecule has 0 radical (unpaired) electrons. The summed E-state index contributed by atoms with van der Waals surface area (Å²) in [4.78, 5) is 9.60. The molecule has 0 saturated carbocycles. The minimum Gasteiger partial charge on any atom is -0.391 e. The van der Waals surface area contributed by atoms with Crippen molar-refractivity contribution in [2.24, 2.45) is 0 Å². The van der Waals surface area contributed by atoms with E-state index in [1.165, 1.54) is 5.56 Å². The number of nitrogens with zero attached hydrogens (tertiary/aromatic N) is 2. The van der Waals surface area contributed by atoms with Crippen LogP contribution in [0.3, 0.4) is 0 Å². The molecule has 1 N–H and O–H groups in total. The SMILES string of the molecule is OCc1sc(Cc2ccccc2)nc1-c1ccncc1. The molecule has 0 bridgehead atoms. The van der Waals surface area contributed by atoms with E-state index in [1.54, 1.807) is 23.7 Å². The number of rotatable bonds is 4. The lowest BCUT2D eigenvalue weighted by molar-refractivity contribution is 0.286. The fourth-order valence-corrected chi connectivity index (χ4v) is 3.07. The minimum absolute atomic E-state index is 0.0180. The number of benzene rings is 1. The van der Waals surface area contributed by atoms with Crippen molar-refractivity contribution in [3.05, 3.63) is 70.3 Å². The number of aliphatic hydroxyl groups is 1. The van der Waals surface area contributed by atoms with Crippen LogP contribution < -0.4 is 0 Å². The molecule has 0 amide bonds. The molecule has 2 heterocycles. The van der Waals surface area contributed by atoms with E-state index in [0.717, 1.165) is 27.6 Å². The van der Waals surface area contributed by atoms with Gasteiger partial charge in [-0.1, -0.05) is 30.3 Å². The van der Waals surface area contributed by atoms with Gasteiger partial charge in [-0.25, -0.2) is 4.98 Å². The Morgan fingerprint density at radius 2 is 1.75 bits per heavy atom. The number of aromatic nitrogens is 2. The molecule has 4 heteroatoms. The molecule has 3 nitrogen and oxygen atoms in total. The first-order chi connectivity index (χ1) is 9.86. The summed E-state index contributed by atoms with van der Waals surface area (Å²) in [6.45, 7) is 0.0180. The third kappa shape index (κ3) is 2.76. The van der Waals surface area contributed by atoms with E-state index >= 15 is 0 Å². The number of thiazole rings is 1. The van der Waals surface area contributed by atoms with Crippen LogP contribution in [0.1, 0.15) is 15.4 Å². The lowest BCUT2D eigenvalue weighted by Crippen LogP contribution is -1.88. The average Bonchev–Trinajstić information content (AvgIpc) is 2.92. The van der Waals surface area contributed by atoms with Crippen molar-refractivity contribution in [1.82, 2.24) is 9.97 Å². The Bertz CT molecular complexity index is 680. The molecule has 0 fully saturated rings. The van der Waals surface area contributed by atoms with E-state index in [0.29, 0.717) is 0 Å². The van der Waals surface area contributed by atoms with Crippen molar-refractivity contribution in [2.75, 3.05) is 0 Å². The quantitative estimate of drug-likeness (QED) is 0.798. The normalized spacial score (nSPS) is 10.7. The Hall–Kier alpha value is -2.04. The maximum absolute atomic E-state index is 9.51. The molecule has 2 aromatic heterocycles. The fraction of sp³-hybridized carbons (Fsp3) is 0.125. The minimum atomic E-state index is 0.0180. The van der Waals surface area contributed by atoms with Gasteiger partial charge in [-0.05, 0) is 17.7 Å². The van der Waals surface area contributed by atoms with E-state index in [4.69, 9.17) is 0 Å². The van der Waals surface area contributed by atoms with Gasteiger partial charge in [0, 0.05) is 24.4 Å². The molecule has 20 heavy (non-hydrogen) atoms. The van der Waals surface area contributed by atoms with E-state index < -0.39 is 0 Å². The second kappa shape index (κ2) is 5.94. The van der Waals surface area contributed by atoms with Gasteiger partial charge < -0.3 is 5.11 Å². The van der Waals surface area contributed by atoms with Crippen LogP contribution in [0.25, 0.3) is 11.3 Å². The average molecular weight is 282 g/mol. The Kier molecular flexibility index (Phi) is 3.85. The Morgan fingerprint density at radius 1 is 1.00 bits per heavy atom. The van der Waals surface area contributed by atoms with Crippen LogP contribution in [0.15, 0.2) is 54.9 Å². The van der Waals surface area contributed by atoms with E-state index in [2.05, 4.69) is 22.1 Å². The Morgan fingerprint density at radius 3 is 2.45 bits per heavy atom. The molecule has 0 spiro atoms. The highest BCUT2D eigenvalue weighted by molar-refractivity contribution is 7.12. The smallest absolute Gasteiger partial charge is 0.0980 e. The van der Waals surface area contributed by atoms with Crippen LogP contribution in [0.5, 0.6) is 0 Å². The molecule has 0 aliphatic carbocycles. The molecule has 100 valence electrons. The van der Waals surface area contributed by atoms with E-state index in [-0.39, 0.29) is 6.61 Å². The lowest BCUT2D eigenvalue weighted by atomic mass is 10.1. The number of hydrogen-bond acceptors (Lipinski definition) is 4. The first kappa shape index (κ1) is 13.0. The van der Waals surface area contributed by atoms with Crippen LogP contribution >= 0.6 is 11.3 Å². The number of hydrogen-bond donors (Lipinski definition) is 1.